The molecule has 75 heavy (non-hydrogen) atoms. The Morgan fingerprint density at radius 1 is 0.653 bits per heavy atom. The van der Waals surface area contributed by atoms with Crippen LogP contribution in [0.25, 0.3) is 0 Å². The Morgan fingerprint density at radius 2 is 1.09 bits per heavy atom. The molecule has 0 saturated heterocycles. The molecule has 0 unspecified atom stereocenters. The van der Waals surface area contributed by atoms with Crippen LogP contribution in [0.4, 0.5) is 32.3 Å². The van der Waals surface area contributed by atoms with Crippen LogP contribution in [0.5, 0.6) is 11.5 Å². The molecule has 0 atom stereocenters. The van der Waals surface area contributed by atoms with E-state index in [4.69, 9.17) is 28.1 Å². The van der Waals surface area contributed by atoms with Crippen LogP contribution in [-0.2, 0) is 58.7 Å². The monoisotopic (exact) mass is 1070 g/mol. The van der Waals surface area contributed by atoms with Crippen LogP contribution in [0, 0.1) is 20.2 Å². The van der Waals surface area contributed by atoms with Gasteiger partial charge in [0.1, 0.15) is 24.7 Å². The molecule has 394 valence electrons. The summed E-state index contributed by atoms with van der Waals surface area (Å²) >= 11 is 0. The van der Waals surface area contributed by atoms with Crippen molar-refractivity contribution in [2.75, 3.05) is 48.5 Å². The Hall–Kier alpha value is -8.53. The highest BCUT2D eigenvalue weighted by atomic mass is 32.2. The Bertz CT molecular complexity index is 3270. The molecule has 25 nitrogen and oxygen atoms in total. The first-order valence-corrected chi connectivity index (χ1v) is 25.5. The lowest BCUT2D eigenvalue weighted by atomic mass is 9.75. The number of benzene rings is 5. The number of anilines is 2. The van der Waals surface area contributed by atoms with E-state index in [1.807, 2.05) is 32.9 Å². The first-order chi connectivity index (χ1) is 35.1. The maximum Gasteiger partial charge on any atom is 0.414 e. The molecule has 0 saturated carbocycles. The molecule has 0 fully saturated rings. The third-order valence-electron chi connectivity index (χ3n) is 12.0. The van der Waals surface area contributed by atoms with Crippen LogP contribution in [-0.4, -0.2) is 104 Å². The van der Waals surface area contributed by atoms with Crippen LogP contribution in [0.1, 0.15) is 85.2 Å². The molecule has 27 heteroatoms. The fourth-order valence-electron chi connectivity index (χ4n) is 8.10. The van der Waals surface area contributed by atoms with Crippen LogP contribution < -0.4 is 25.2 Å². The minimum absolute atomic E-state index is 0.0707. The molecule has 0 radical (unpaired) electrons. The lowest BCUT2D eigenvalue weighted by Gasteiger charge is -2.37. The number of rotatable bonds is 16. The van der Waals surface area contributed by atoms with Gasteiger partial charge < -0.3 is 29.6 Å². The second-order valence-electron chi connectivity index (χ2n) is 18.1. The highest BCUT2D eigenvalue weighted by Gasteiger charge is 2.54. The summed E-state index contributed by atoms with van der Waals surface area (Å²) in [5, 5.41) is 28.3. The highest BCUT2D eigenvalue weighted by molar-refractivity contribution is 7.86. The van der Waals surface area contributed by atoms with Crippen molar-refractivity contribution < 1.29 is 78.7 Å². The van der Waals surface area contributed by atoms with Crippen molar-refractivity contribution in [3.05, 3.63) is 161 Å². The van der Waals surface area contributed by atoms with E-state index >= 15 is 0 Å². The second kappa shape index (κ2) is 20.8. The molecular weight excluding hydrogens is 1030 g/mol. The maximum absolute atomic E-state index is 13.8. The predicted molar refractivity (Wildman–Crippen MR) is 264 cm³/mol. The lowest BCUT2D eigenvalue weighted by molar-refractivity contribution is -0.386. The summed E-state index contributed by atoms with van der Waals surface area (Å²) in [6.07, 6.45) is -2.05. The largest absolute Gasteiger partial charge is 0.456 e. The molecule has 0 bridgehead atoms. The third-order valence-corrected chi connectivity index (χ3v) is 13.5. The molecule has 2 aliphatic rings. The summed E-state index contributed by atoms with van der Waals surface area (Å²) in [5.74, 6) is -3.75. The van der Waals surface area contributed by atoms with E-state index in [1.165, 1.54) is 38.4 Å². The lowest BCUT2D eigenvalue weighted by Crippen LogP contribution is -2.34. The van der Waals surface area contributed by atoms with Crippen molar-refractivity contribution in [3.8, 4) is 11.5 Å². The molecule has 0 aromatic heterocycles. The summed E-state index contributed by atoms with van der Waals surface area (Å²) in [5.41, 5.74) is -1.21. The number of esters is 1. The van der Waals surface area contributed by atoms with Gasteiger partial charge in [-0.05, 0) is 71.6 Å². The number of nitro groups is 2. The number of nitrogens with zero attached hydrogens (tertiary/aromatic N) is 4. The first kappa shape index (κ1) is 54.2. The molecule has 1 spiro atoms. The van der Waals surface area contributed by atoms with Crippen LogP contribution >= 0.6 is 0 Å². The van der Waals surface area contributed by atoms with Gasteiger partial charge in [0, 0.05) is 79.3 Å². The van der Waals surface area contributed by atoms with E-state index in [0.717, 1.165) is 51.8 Å². The number of fused-ring (bicyclic) bond motifs is 6. The van der Waals surface area contributed by atoms with Gasteiger partial charge in [0.05, 0.1) is 49.4 Å². The van der Waals surface area contributed by atoms with E-state index in [9.17, 15) is 61.0 Å². The molecule has 4 N–H and O–H groups in total. The van der Waals surface area contributed by atoms with Crippen molar-refractivity contribution in [1.29, 1.82) is 0 Å². The Morgan fingerprint density at radius 3 is 1.49 bits per heavy atom. The number of hydrogen-bond donors (Lipinski definition) is 4. The van der Waals surface area contributed by atoms with Crippen molar-refractivity contribution >= 4 is 73.0 Å². The smallest absolute Gasteiger partial charge is 0.414 e. The minimum atomic E-state index is -4.40. The van der Waals surface area contributed by atoms with Gasteiger partial charge in [-0.15, -0.1) is 0 Å². The summed E-state index contributed by atoms with van der Waals surface area (Å²) in [6.45, 7) is 3.62. The average Bonchev–Trinajstić information content (AvgIpc) is 3.64. The van der Waals surface area contributed by atoms with Gasteiger partial charge in [-0.2, -0.15) is 16.8 Å². The Balaban J connectivity index is 1.18. The van der Waals surface area contributed by atoms with Crippen molar-refractivity contribution in [1.82, 2.24) is 10.6 Å². The molecular formula is C48H46N6O19S2. The van der Waals surface area contributed by atoms with Crippen molar-refractivity contribution in [3.63, 3.8) is 0 Å². The van der Waals surface area contributed by atoms with Gasteiger partial charge in [-0.25, -0.2) is 14.4 Å². The average molecular weight is 1080 g/mol. The number of carbonyl (C=O) groups excluding carboxylic acids is 5. The number of hydrogen-bond acceptors (Lipinski definition) is 17. The zero-order valence-electron chi connectivity index (χ0n) is 40.3. The van der Waals surface area contributed by atoms with E-state index in [1.54, 1.807) is 18.2 Å². The minimum Gasteiger partial charge on any atom is -0.456 e. The first-order valence-electron chi connectivity index (χ1n) is 22.3. The van der Waals surface area contributed by atoms with Gasteiger partial charge in [-0.1, -0.05) is 26.8 Å². The number of ether oxygens (including phenoxy) is 4. The highest BCUT2D eigenvalue weighted by Crippen LogP contribution is 2.57. The fourth-order valence-corrected chi connectivity index (χ4v) is 8.82. The van der Waals surface area contributed by atoms with E-state index in [0.29, 0.717) is 16.7 Å². The second-order valence-corrected chi connectivity index (χ2v) is 21.2. The molecule has 5 aromatic rings. The zero-order valence-corrected chi connectivity index (χ0v) is 42.0. The van der Waals surface area contributed by atoms with Gasteiger partial charge in [0.2, 0.25) is 0 Å². The van der Waals surface area contributed by atoms with Gasteiger partial charge in [0.25, 0.3) is 43.4 Å². The van der Waals surface area contributed by atoms with E-state index < -0.39 is 120 Å². The topological polar surface area (TPSA) is 348 Å². The third kappa shape index (κ3) is 11.8. The number of carbonyl (C=O) groups is 5. The van der Waals surface area contributed by atoms with Gasteiger partial charge in [0.15, 0.2) is 5.60 Å². The van der Waals surface area contributed by atoms with Crippen LogP contribution in [0.3, 0.4) is 0 Å². The summed E-state index contributed by atoms with van der Waals surface area (Å²) < 4.78 is 86.1. The summed E-state index contributed by atoms with van der Waals surface area (Å²) in [6, 6.07) is 20.8. The standard InChI is InChI=1S/C48H46N6O19S2/c1-47(2,3)31-8-11-34-37(22-31)48(73-44(34)57)35-12-9-32(51(4)45(58)70-25-29-20-27(6-14-38(29)53(60)61)42(55)49-16-18-74(64,65)66)23-40(35)72-41-24-33(10-13-36(41)48)52(5)46(59)71-26-30-21-28(7-15-39(30)54(62)63)43(56)50-17-19-75(67,68)69/h6-15,20-24H,16-19,25-26H2,1-5H3,(H,49,55)(H,50,56)(H,64,65,66)(H,67,68,69). The Labute approximate surface area is 427 Å². The van der Waals surface area contributed by atoms with Crippen molar-refractivity contribution in [2.24, 2.45) is 0 Å². The molecule has 7 rings (SSSR count). The zero-order chi connectivity index (χ0) is 54.9. The van der Waals surface area contributed by atoms with Crippen LogP contribution in [0.2, 0.25) is 0 Å². The van der Waals surface area contributed by atoms with Gasteiger partial charge in [-0.3, -0.25) is 48.7 Å². The number of nitrogens with one attached hydrogen (secondary N) is 2. The van der Waals surface area contributed by atoms with E-state index in [-0.39, 0.29) is 50.7 Å². The molecule has 2 heterocycles. The molecule has 2 aliphatic heterocycles. The predicted octanol–water partition coefficient (Wildman–Crippen LogP) is 6.15. The van der Waals surface area contributed by atoms with E-state index in [2.05, 4.69) is 10.6 Å². The fraction of sp³-hybridized carbons (Fsp3) is 0.271. The molecule has 5 aromatic carbocycles. The number of nitro benzene ring substituents is 2. The summed E-state index contributed by atoms with van der Waals surface area (Å²) in [7, 11) is -6.13. The van der Waals surface area contributed by atoms with Crippen molar-refractivity contribution in [2.45, 2.75) is 45.0 Å². The maximum atomic E-state index is 13.8. The Kier molecular flexibility index (Phi) is 15.0. The SMILES string of the molecule is CN(C(=O)OCc1cc(C(=O)NCCS(=O)(=O)O)ccc1[N+](=O)[O-])c1ccc2c(c1)Oc1cc(N(C)C(=O)OCc3cc(C(=O)NCCS(=O)(=O)O)ccc3[N+](=O)[O-])ccc1C21OC(=O)c2ccc(C(C)(C)C)cc21. The molecule has 0 aliphatic carbocycles. The van der Waals surface area contributed by atoms with Gasteiger partial charge >= 0.3 is 18.2 Å². The number of amides is 4. The molecule has 4 amide bonds. The normalized spacial score (nSPS) is 13.2. The quantitative estimate of drug-likeness (QED) is 0.0283. The summed E-state index contributed by atoms with van der Waals surface area (Å²) in [4.78, 5) is 90.9. The van der Waals surface area contributed by atoms with Crippen LogP contribution in [0.15, 0.2) is 91.0 Å².